The van der Waals surface area contributed by atoms with Gasteiger partial charge in [-0.3, -0.25) is 10.8 Å². The number of thiophene rings is 1. The summed E-state index contributed by atoms with van der Waals surface area (Å²) in [6.07, 6.45) is -3.63. The quantitative estimate of drug-likeness (QED) is 0.675. The number of pyridine rings is 1. The third kappa shape index (κ3) is 3.06. The summed E-state index contributed by atoms with van der Waals surface area (Å²) in [5, 5.41) is 2.26. The van der Waals surface area contributed by atoms with Crippen LogP contribution in [0.15, 0.2) is 29.8 Å². The number of halogens is 4. The molecule has 102 valence electrons. The Morgan fingerprint density at radius 1 is 1.32 bits per heavy atom. The molecule has 1 atom stereocenters. The Bertz CT molecular complexity index is 553. The van der Waals surface area contributed by atoms with E-state index in [1.165, 1.54) is 17.4 Å². The molecule has 0 saturated carbocycles. The van der Waals surface area contributed by atoms with Crippen molar-refractivity contribution in [3.05, 3.63) is 50.9 Å². The summed E-state index contributed by atoms with van der Waals surface area (Å²) in [4.78, 5) is 4.50. The molecule has 2 heterocycles. The highest BCUT2D eigenvalue weighted by Gasteiger charge is 2.31. The Balaban J connectivity index is 2.33. The number of nitrogens with one attached hydrogen (secondary N) is 1. The van der Waals surface area contributed by atoms with E-state index in [0.29, 0.717) is 15.6 Å². The van der Waals surface area contributed by atoms with Gasteiger partial charge in [-0.05, 0) is 23.6 Å². The summed E-state index contributed by atoms with van der Waals surface area (Å²) in [5.41, 5.74) is 2.08. The van der Waals surface area contributed by atoms with Crippen LogP contribution in [0.5, 0.6) is 0 Å². The smallest absolute Gasteiger partial charge is 0.270 e. The number of nitrogens with zero attached hydrogens (tertiary/aromatic N) is 1. The maximum Gasteiger partial charge on any atom is 0.417 e. The van der Waals surface area contributed by atoms with Gasteiger partial charge in [-0.1, -0.05) is 11.6 Å². The van der Waals surface area contributed by atoms with Crippen molar-refractivity contribution in [2.24, 2.45) is 5.84 Å². The number of hydrazine groups is 1. The van der Waals surface area contributed by atoms with Crippen LogP contribution >= 0.6 is 22.9 Å². The van der Waals surface area contributed by atoms with Crippen molar-refractivity contribution in [2.75, 3.05) is 0 Å². The fraction of sp³-hybridized carbons (Fsp3) is 0.182. The number of hydrogen-bond donors (Lipinski definition) is 2. The minimum absolute atomic E-state index is 0.375. The summed E-state index contributed by atoms with van der Waals surface area (Å²) >= 11 is 7.32. The van der Waals surface area contributed by atoms with Gasteiger partial charge < -0.3 is 0 Å². The topological polar surface area (TPSA) is 50.9 Å². The maximum absolute atomic E-state index is 12.4. The van der Waals surface area contributed by atoms with E-state index in [-0.39, 0.29) is 0 Å². The molecule has 2 rings (SSSR count). The molecule has 1 unspecified atom stereocenters. The molecule has 0 saturated heterocycles. The van der Waals surface area contributed by atoms with Crippen LogP contribution in [0.2, 0.25) is 5.02 Å². The average molecular weight is 308 g/mol. The van der Waals surface area contributed by atoms with E-state index in [1.807, 2.05) is 0 Å². The van der Waals surface area contributed by atoms with Gasteiger partial charge >= 0.3 is 6.18 Å². The maximum atomic E-state index is 12.4. The van der Waals surface area contributed by atoms with Crippen LogP contribution in [0.1, 0.15) is 22.2 Å². The monoisotopic (exact) mass is 307 g/mol. The lowest BCUT2D eigenvalue weighted by atomic mass is 10.1. The zero-order chi connectivity index (χ0) is 14.0. The lowest BCUT2D eigenvalue weighted by Crippen LogP contribution is -2.29. The fourth-order valence-corrected chi connectivity index (χ4v) is 2.79. The van der Waals surface area contributed by atoms with E-state index < -0.39 is 17.8 Å². The Kier molecular flexibility index (Phi) is 4.10. The van der Waals surface area contributed by atoms with Crippen LogP contribution in [-0.4, -0.2) is 4.98 Å². The van der Waals surface area contributed by atoms with E-state index in [0.717, 1.165) is 12.3 Å². The molecule has 2 aromatic rings. The molecule has 0 aliphatic heterocycles. The van der Waals surface area contributed by atoms with Crippen LogP contribution in [0, 0.1) is 0 Å². The summed E-state index contributed by atoms with van der Waals surface area (Å²) in [5.74, 6) is 5.42. The Hall–Kier alpha value is -1.15. The molecule has 0 aliphatic rings. The van der Waals surface area contributed by atoms with Gasteiger partial charge in [0.25, 0.3) is 0 Å². The van der Waals surface area contributed by atoms with E-state index in [2.05, 4.69) is 10.4 Å². The average Bonchev–Trinajstić information content (AvgIpc) is 2.76. The van der Waals surface area contributed by atoms with Crippen molar-refractivity contribution in [3.63, 3.8) is 0 Å². The molecule has 0 fully saturated rings. The molecule has 0 spiro atoms. The number of aromatic nitrogens is 1. The number of hydrogen-bond acceptors (Lipinski definition) is 4. The lowest BCUT2D eigenvalue weighted by molar-refractivity contribution is -0.137. The highest BCUT2D eigenvalue weighted by atomic mass is 35.5. The van der Waals surface area contributed by atoms with Gasteiger partial charge in [-0.2, -0.15) is 13.2 Å². The molecule has 3 nitrogen and oxygen atoms in total. The fourth-order valence-electron chi connectivity index (χ4n) is 1.55. The molecule has 3 N–H and O–H groups in total. The highest BCUT2D eigenvalue weighted by molar-refractivity contribution is 7.10. The SMILES string of the molecule is NNC(c1ccc(C(F)(F)F)cn1)c1sccc1Cl. The van der Waals surface area contributed by atoms with E-state index in [4.69, 9.17) is 17.4 Å². The molecule has 0 aromatic carbocycles. The van der Waals surface area contributed by atoms with Gasteiger partial charge in [0.05, 0.1) is 22.3 Å². The number of nitrogens with two attached hydrogens (primary N) is 1. The van der Waals surface area contributed by atoms with Crippen LogP contribution in [0.4, 0.5) is 13.2 Å². The van der Waals surface area contributed by atoms with Gasteiger partial charge in [-0.15, -0.1) is 11.3 Å². The second-order valence-electron chi connectivity index (χ2n) is 3.70. The first-order chi connectivity index (χ1) is 8.93. The minimum atomic E-state index is -4.41. The third-order valence-electron chi connectivity index (χ3n) is 2.48. The van der Waals surface area contributed by atoms with Crippen LogP contribution < -0.4 is 11.3 Å². The molecule has 19 heavy (non-hydrogen) atoms. The van der Waals surface area contributed by atoms with E-state index >= 15 is 0 Å². The van der Waals surface area contributed by atoms with Gasteiger partial charge in [0, 0.05) is 11.1 Å². The van der Waals surface area contributed by atoms with Crippen LogP contribution in [0.25, 0.3) is 0 Å². The summed E-state index contributed by atoms with van der Waals surface area (Å²) in [6, 6.07) is 3.41. The van der Waals surface area contributed by atoms with Gasteiger partial charge in [0.1, 0.15) is 0 Å². The van der Waals surface area contributed by atoms with Gasteiger partial charge in [-0.25, -0.2) is 5.43 Å². The van der Waals surface area contributed by atoms with Crippen molar-refractivity contribution in [3.8, 4) is 0 Å². The van der Waals surface area contributed by atoms with E-state index in [9.17, 15) is 13.2 Å². The first-order valence-electron chi connectivity index (χ1n) is 5.15. The predicted octanol–water partition coefficient (Wildman–Crippen LogP) is 3.37. The van der Waals surface area contributed by atoms with E-state index in [1.54, 1.807) is 11.4 Å². The van der Waals surface area contributed by atoms with Gasteiger partial charge in [0.2, 0.25) is 0 Å². The molecule has 0 aliphatic carbocycles. The molecular weight excluding hydrogens is 299 g/mol. The highest BCUT2D eigenvalue weighted by Crippen LogP contribution is 2.33. The second kappa shape index (κ2) is 5.46. The van der Waals surface area contributed by atoms with Crippen molar-refractivity contribution >= 4 is 22.9 Å². The first-order valence-corrected chi connectivity index (χ1v) is 6.41. The zero-order valence-corrected chi connectivity index (χ0v) is 11.0. The molecule has 0 bridgehead atoms. The molecule has 2 aromatic heterocycles. The normalized spacial score (nSPS) is 13.5. The number of rotatable bonds is 3. The summed E-state index contributed by atoms with van der Waals surface area (Å²) in [6.45, 7) is 0. The predicted molar refractivity (Wildman–Crippen MR) is 67.7 cm³/mol. The van der Waals surface area contributed by atoms with Gasteiger partial charge in [0.15, 0.2) is 0 Å². The minimum Gasteiger partial charge on any atom is -0.270 e. The first kappa shape index (κ1) is 14.3. The summed E-state index contributed by atoms with van der Waals surface area (Å²) < 4.78 is 37.3. The largest absolute Gasteiger partial charge is 0.417 e. The van der Waals surface area contributed by atoms with Crippen molar-refractivity contribution in [2.45, 2.75) is 12.2 Å². The number of alkyl halides is 3. The third-order valence-corrected chi connectivity index (χ3v) is 3.91. The molecule has 8 heteroatoms. The second-order valence-corrected chi connectivity index (χ2v) is 5.06. The zero-order valence-electron chi connectivity index (χ0n) is 9.41. The van der Waals surface area contributed by atoms with Crippen molar-refractivity contribution < 1.29 is 13.2 Å². The van der Waals surface area contributed by atoms with Crippen molar-refractivity contribution in [1.82, 2.24) is 10.4 Å². The molecule has 0 radical (unpaired) electrons. The standard InChI is InChI=1S/C11H9ClF3N3S/c12-7-3-4-19-10(7)9(18-16)8-2-1-6(5-17-8)11(13,14)15/h1-5,9,18H,16H2. The van der Waals surface area contributed by atoms with Crippen LogP contribution in [-0.2, 0) is 6.18 Å². The lowest BCUT2D eigenvalue weighted by Gasteiger charge is -2.15. The van der Waals surface area contributed by atoms with Crippen molar-refractivity contribution in [1.29, 1.82) is 0 Å². The van der Waals surface area contributed by atoms with Crippen LogP contribution in [0.3, 0.4) is 0 Å². The Labute approximate surface area is 116 Å². The Morgan fingerprint density at radius 2 is 2.05 bits per heavy atom. The molecule has 0 amide bonds. The summed E-state index contributed by atoms with van der Waals surface area (Å²) in [7, 11) is 0. The Morgan fingerprint density at radius 3 is 2.47 bits per heavy atom. The molecular formula is C11H9ClF3N3S.